The highest BCUT2D eigenvalue weighted by Crippen LogP contribution is 2.20. The molecule has 4 rings (SSSR count). The van der Waals surface area contributed by atoms with Crippen LogP contribution in [0.5, 0.6) is 0 Å². The fourth-order valence-electron chi connectivity index (χ4n) is 2.27. The van der Waals surface area contributed by atoms with Gasteiger partial charge in [0.2, 0.25) is 5.89 Å². The summed E-state index contributed by atoms with van der Waals surface area (Å²) in [4.78, 5) is 21.6. The third kappa shape index (κ3) is 2.23. The lowest BCUT2D eigenvalue weighted by Gasteiger charge is -2.01. The Labute approximate surface area is 129 Å². The van der Waals surface area contributed by atoms with Crippen LogP contribution in [0, 0.1) is 0 Å². The SMILES string of the molecule is O=c1c2ccsc2ncn1Cc1ncc(-c2ccccc2)o1. The predicted molar refractivity (Wildman–Crippen MR) is 84.9 cm³/mol. The smallest absolute Gasteiger partial charge is 0.262 e. The highest BCUT2D eigenvalue weighted by atomic mass is 32.1. The second-order valence-corrected chi connectivity index (χ2v) is 5.70. The molecule has 0 bridgehead atoms. The minimum absolute atomic E-state index is 0.0780. The van der Waals surface area contributed by atoms with Crippen molar-refractivity contribution >= 4 is 21.6 Å². The highest BCUT2D eigenvalue weighted by Gasteiger charge is 2.10. The van der Waals surface area contributed by atoms with Gasteiger partial charge >= 0.3 is 0 Å². The van der Waals surface area contributed by atoms with Crippen LogP contribution in [-0.2, 0) is 6.54 Å². The van der Waals surface area contributed by atoms with Crippen molar-refractivity contribution in [3.63, 3.8) is 0 Å². The van der Waals surface area contributed by atoms with Crippen molar-refractivity contribution in [2.75, 3.05) is 0 Å². The Morgan fingerprint density at radius 1 is 1.14 bits per heavy atom. The minimum atomic E-state index is -0.0780. The van der Waals surface area contributed by atoms with E-state index in [1.165, 1.54) is 22.2 Å². The maximum Gasteiger partial charge on any atom is 0.262 e. The van der Waals surface area contributed by atoms with Crippen molar-refractivity contribution in [1.29, 1.82) is 0 Å². The number of oxazole rings is 1. The van der Waals surface area contributed by atoms with Gasteiger partial charge in [0.05, 0.1) is 17.9 Å². The number of benzene rings is 1. The molecule has 6 heteroatoms. The summed E-state index contributed by atoms with van der Waals surface area (Å²) in [6.07, 6.45) is 3.21. The van der Waals surface area contributed by atoms with E-state index in [-0.39, 0.29) is 12.1 Å². The number of nitrogens with zero attached hydrogens (tertiary/aromatic N) is 3. The lowest BCUT2D eigenvalue weighted by Crippen LogP contribution is -2.20. The van der Waals surface area contributed by atoms with Gasteiger partial charge in [-0.05, 0) is 11.4 Å². The number of rotatable bonds is 3. The molecule has 0 amide bonds. The molecule has 108 valence electrons. The molecule has 0 aliphatic rings. The lowest BCUT2D eigenvalue weighted by atomic mass is 10.2. The lowest BCUT2D eigenvalue weighted by molar-refractivity contribution is 0.484. The summed E-state index contributed by atoms with van der Waals surface area (Å²) < 4.78 is 7.24. The van der Waals surface area contributed by atoms with Crippen molar-refractivity contribution in [1.82, 2.24) is 14.5 Å². The van der Waals surface area contributed by atoms with Crippen molar-refractivity contribution < 1.29 is 4.42 Å². The van der Waals surface area contributed by atoms with Crippen molar-refractivity contribution in [3.05, 3.63) is 70.5 Å². The topological polar surface area (TPSA) is 60.9 Å². The van der Waals surface area contributed by atoms with Gasteiger partial charge in [-0.3, -0.25) is 9.36 Å². The number of thiophene rings is 1. The molecule has 4 aromatic rings. The molecule has 1 aromatic carbocycles. The molecule has 3 heterocycles. The third-order valence-electron chi connectivity index (χ3n) is 3.37. The second-order valence-electron chi connectivity index (χ2n) is 4.80. The van der Waals surface area contributed by atoms with Gasteiger partial charge in [0.15, 0.2) is 5.76 Å². The van der Waals surface area contributed by atoms with Crippen LogP contribution in [0.2, 0.25) is 0 Å². The van der Waals surface area contributed by atoms with Crippen molar-refractivity contribution in [2.45, 2.75) is 6.54 Å². The van der Waals surface area contributed by atoms with E-state index >= 15 is 0 Å². The fourth-order valence-corrected chi connectivity index (χ4v) is 2.99. The van der Waals surface area contributed by atoms with Gasteiger partial charge in [-0.2, -0.15) is 0 Å². The number of hydrogen-bond acceptors (Lipinski definition) is 5. The predicted octanol–water partition coefficient (Wildman–Crippen LogP) is 3.16. The van der Waals surface area contributed by atoms with Crippen molar-refractivity contribution in [3.8, 4) is 11.3 Å². The molecule has 22 heavy (non-hydrogen) atoms. The molecule has 0 atom stereocenters. The fraction of sp³-hybridized carbons (Fsp3) is 0.0625. The van der Waals surface area contributed by atoms with Gasteiger partial charge in [-0.25, -0.2) is 9.97 Å². The molecular weight excluding hydrogens is 298 g/mol. The Bertz CT molecular complexity index is 985. The van der Waals surface area contributed by atoms with Gasteiger partial charge in [0.25, 0.3) is 5.56 Å². The Balaban J connectivity index is 1.67. The average molecular weight is 309 g/mol. The van der Waals surface area contributed by atoms with E-state index in [1.807, 2.05) is 35.7 Å². The first-order chi connectivity index (χ1) is 10.8. The zero-order chi connectivity index (χ0) is 14.9. The zero-order valence-electron chi connectivity index (χ0n) is 11.5. The second kappa shape index (κ2) is 5.23. The van der Waals surface area contributed by atoms with Crippen LogP contribution in [0.3, 0.4) is 0 Å². The zero-order valence-corrected chi connectivity index (χ0v) is 12.3. The summed E-state index contributed by atoms with van der Waals surface area (Å²) >= 11 is 1.45. The Kier molecular flexibility index (Phi) is 3.08. The van der Waals surface area contributed by atoms with Crippen LogP contribution in [0.1, 0.15) is 5.89 Å². The van der Waals surface area contributed by atoms with E-state index in [0.717, 1.165) is 10.4 Å². The largest absolute Gasteiger partial charge is 0.439 e. The summed E-state index contributed by atoms with van der Waals surface area (Å²) in [5.41, 5.74) is 0.880. The standard InChI is InChI=1S/C16H11N3O2S/c20-16-12-6-7-22-15(12)18-10-19(16)9-14-17-8-13(21-14)11-4-2-1-3-5-11/h1-8,10H,9H2. The van der Waals surface area contributed by atoms with E-state index in [1.54, 1.807) is 12.3 Å². The van der Waals surface area contributed by atoms with Crippen LogP contribution in [0.25, 0.3) is 21.5 Å². The van der Waals surface area contributed by atoms with E-state index in [4.69, 9.17) is 4.42 Å². The average Bonchev–Trinajstić information content (AvgIpc) is 3.20. The van der Waals surface area contributed by atoms with Gasteiger partial charge in [-0.1, -0.05) is 30.3 Å². The van der Waals surface area contributed by atoms with Crippen LogP contribution < -0.4 is 5.56 Å². The van der Waals surface area contributed by atoms with Crippen molar-refractivity contribution in [2.24, 2.45) is 0 Å². The van der Waals surface area contributed by atoms with E-state index in [9.17, 15) is 4.79 Å². The van der Waals surface area contributed by atoms with Crippen LogP contribution in [-0.4, -0.2) is 14.5 Å². The summed E-state index contributed by atoms with van der Waals surface area (Å²) in [7, 11) is 0. The first kappa shape index (κ1) is 13.0. The monoisotopic (exact) mass is 309 g/mol. The third-order valence-corrected chi connectivity index (χ3v) is 4.19. The summed E-state index contributed by atoms with van der Waals surface area (Å²) in [6.45, 7) is 0.268. The van der Waals surface area contributed by atoms with Gasteiger partial charge in [0, 0.05) is 5.56 Å². The first-order valence-corrected chi connectivity index (χ1v) is 7.62. The van der Waals surface area contributed by atoms with Gasteiger partial charge in [0.1, 0.15) is 11.4 Å². The molecule has 0 saturated carbocycles. The number of hydrogen-bond donors (Lipinski definition) is 0. The molecule has 0 aliphatic carbocycles. The molecule has 0 aliphatic heterocycles. The summed E-state index contributed by atoms with van der Waals surface area (Å²) in [5.74, 6) is 1.17. The molecule has 5 nitrogen and oxygen atoms in total. The molecule has 0 N–H and O–H groups in total. The van der Waals surface area contributed by atoms with Crippen LogP contribution in [0.4, 0.5) is 0 Å². The van der Waals surface area contributed by atoms with Gasteiger partial charge in [-0.15, -0.1) is 11.3 Å². The molecule has 0 unspecified atom stereocenters. The normalized spacial score (nSPS) is 11.1. The summed E-state index contributed by atoms with van der Waals surface area (Å²) in [6, 6.07) is 11.5. The molecule has 3 aromatic heterocycles. The highest BCUT2D eigenvalue weighted by molar-refractivity contribution is 7.16. The Morgan fingerprint density at radius 3 is 2.86 bits per heavy atom. The maximum atomic E-state index is 12.3. The molecule has 0 spiro atoms. The molecule has 0 saturated heterocycles. The molecule has 0 radical (unpaired) electrons. The van der Waals surface area contributed by atoms with Gasteiger partial charge < -0.3 is 4.42 Å². The van der Waals surface area contributed by atoms with Crippen LogP contribution in [0.15, 0.2) is 63.5 Å². The van der Waals surface area contributed by atoms with Crippen LogP contribution >= 0.6 is 11.3 Å². The number of aromatic nitrogens is 3. The van der Waals surface area contributed by atoms with E-state index < -0.39 is 0 Å². The van der Waals surface area contributed by atoms with E-state index in [2.05, 4.69) is 9.97 Å². The first-order valence-electron chi connectivity index (χ1n) is 6.74. The Hall–Kier alpha value is -2.73. The Morgan fingerprint density at radius 2 is 2.00 bits per heavy atom. The number of fused-ring (bicyclic) bond motifs is 1. The molecule has 0 fully saturated rings. The quantitative estimate of drug-likeness (QED) is 0.583. The summed E-state index contributed by atoms with van der Waals surface area (Å²) in [5, 5.41) is 2.49. The molecular formula is C16H11N3O2S. The maximum absolute atomic E-state index is 12.3. The minimum Gasteiger partial charge on any atom is -0.439 e. The van der Waals surface area contributed by atoms with E-state index in [0.29, 0.717) is 17.0 Å².